The van der Waals surface area contributed by atoms with Crippen LogP contribution in [0, 0.1) is 0 Å². The van der Waals surface area contributed by atoms with E-state index in [-0.39, 0.29) is 18.1 Å². The molecule has 0 aliphatic rings. The Balaban J connectivity index is 1.52. The molecule has 4 aromatic rings. The lowest BCUT2D eigenvalue weighted by Crippen LogP contribution is -2.08. The summed E-state index contributed by atoms with van der Waals surface area (Å²) in [5.41, 5.74) is 1.50. The SMILES string of the molecule is COc1ccc(OCc2nnc(SCC(=O)c3ccc(Cl)cc3)n2-c2ccccc2)cc1. The second-order valence-corrected chi connectivity index (χ2v) is 8.13. The molecule has 0 aliphatic carbocycles. The zero-order chi connectivity index (χ0) is 22.3. The third-order valence-corrected chi connectivity index (χ3v) is 5.82. The van der Waals surface area contributed by atoms with Gasteiger partial charge in [-0.2, -0.15) is 0 Å². The molecule has 0 radical (unpaired) electrons. The fraction of sp³-hybridized carbons (Fsp3) is 0.125. The van der Waals surface area contributed by atoms with Crippen LogP contribution in [0.1, 0.15) is 16.2 Å². The first kappa shape index (κ1) is 21.9. The fourth-order valence-corrected chi connectivity index (χ4v) is 3.98. The fourth-order valence-electron chi connectivity index (χ4n) is 2.99. The summed E-state index contributed by atoms with van der Waals surface area (Å²) in [5, 5.41) is 9.85. The van der Waals surface area contributed by atoms with Gasteiger partial charge >= 0.3 is 0 Å². The van der Waals surface area contributed by atoms with E-state index in [1.54, 1.807) is 31.4 Å². The number of para-hydroxylation sites is 1. The van der Waals surface area contributed by atoms with E-state index in [9.17, 15) is 4.79 Å². The van der Waals surface area contributed by atoms with Gasteiger partial charge in [0.25, 0.3) is 0 Å². The highest BCUT2D eigenvalue weighted by Gasteiger charge is 2.17. The van der Waals surface area contributed by atoms with Gasteiger partial charge in [-0.15, -0.1) is 10.2 Å². The standard InChI is InChI=1S/C24H20ClN3O3S/c1-30-20-11-13-21(14-12-20)31-15-23-26-27-24(28(23)19-5-3-2-4-6-19)32-16-22(29)17-7-9-18(25)10-8-17/h2-14H,15-16H2,1H3. The van der Waals surface area contributed by atoms with E-state index in [1.807, 2.05) is 59.2 Å². The Bertz CT molecular complexity index is 1180. The van der Waals surface area contributed by atoms with Gasteiger partial charge in [0.05, 0.1) is 12.9 Å². The van der Waals surface area contributed by atoms with Gasteiger partial charge in [-0.05, 0) is 60.7 Å². The smallest absolute Gasteiger partial charge is 0.196 e. The molecule has 0 amide bonds. The lowest BCUT2D eigenvalue weighted by Gasteiger charge is -2.11. The van der Waals surface area contributed by atoms with Crippen LogP contribution in [-0.4, -0.2) is 33.4 Å². The van der Waals surface area contributed by atoms with Crippen LogP contribution in [0.4, 0.5) is 0 Å². The van der Waals surface area contributed by atoms with Crippen LogP contribution in [0.15, 0.2) is 84.0 Å². The van der Waals surface area contributed by atoms with Crippen molar-refractivity contribution in [2.45, 2.75) is 11.8 Å². The maximum Gasteiger partial charge on any atom is 0.196 e. The zero-order valence-corrected chi connectivity index (χ0v) is 18.8. The van der Waals surface area contributed by atoms with Crippen molar-refractivity contribution < 1.29 is 14.3 Å². The molecular weight excluding hydrogens is 446 g/mol. The molecule has 8 heteroatoms. The highest BCUT2D eigenvalue weighted by atomic mass is 35.5. The Morgan fingerprint density at radius 1 is 0.938 bits per heavy atom. The summed E-state index contributed by atoms with van der Waals surface area (Å²) in [5.74, 6) is 2.31. The lowest BCUT2D eigenvalue weighted by molar-refractivity contribution is 0.102. The Morgan fingerprint density at radius 2 is 1.62 bits per heavy atom. The van der Waals surface area contributed by atoms with Crippen molar-refractivity contribution >= 4 is 29.1 Å². The molecule has 162 valence electrons. The van der Waals surface area contributed by atoms with Crippen molar-refractivity contribution in [3.05, 3.63) is 95.3 Å². The van der Waals surface area contributed by atoms with Gasteiger partial charge in [0, 0.05) is 16.3 Å². The van der Waals surface area contributed by atoms with Gasteiger partial charge in [0.2, 0.25) is 0 Å². The van der Waals surface area contributed by atoms with Gasteiger partial charge in [0.15, 0.2) is 16.8 Å². The highest BCUT2D eigenvalue weighted by Crippen LogP contribution is 2.25. The molecule has 1 aromatic heterocycles. The first-order chi connectivity index (χ1) is 15.6. The summed E-state index contributed by atoms with van der Waals surface area (Å²) in [6, 6.07) is 24.0. The quantitative estimate of drug-likeness (QED) is 0.241. The number of ketones is 1. The molecule has 0 unspecified atom stereocenters. The van der Waals surface area contributed by atoms with Gasteiger partial charge in [-0.1, -0.05) is 41.6 Å². The number of nitrogens with zero attached hydrogens (tertiary/aromatic N) is 3. The van der Waals surface area contributed by atoms with Crippen LogP contribution in [0.2, 0.25) is 5.02 Å². The van der Waals surface area contributed by atoms with Crippen molar-refractivity contribution in [3.63, 3.8) is 0 Å². The third kappa shape index (κ3) is 5.30. The van der Waals surface area contributed by atoms with Crippen molar-refractivity contribution in [3.8, 4) is 17.2 Å². The number of hydrogen-bond acceptors (Lipinski definition) is 6. The van der Waals surface area contributed by atoms with Gasteiger partial charge in [-0.25, -0.2) is 0 Å². The summed E-state index contributed by atoms with van der Waals surface area (Å²) in [7, 11) is 1.62. The lowest BCUT2D eigenvalue weighted by atomic mass is 10.1. The van der Waals surface area contributed by atoms with Crippen molar-refractivity contribution in [2.75, 3.05) is 12.9 Å². The first-order valence-corrected chi connectivity index (χ1v) is 11.2. The van der Waals surface area contributed by atoms with Crippen LogP contribution in [-0.2, 0) is 6.61 Å². The number of carbonyl (C=O) groups is 1. The van der Waals surface area contributed by atoms with E-state index < -0.39 is 0 Å². The molecule has 1 heterocycles. The monoisotopic (exact) mass is 465 g/mol. The number of carbonyl (C=O) groups excluding carboxylic acids is 1. The average molecular weight is 466 g/mol. The van der Waals surface area contributed by atoms with E-state index in [0.29, 0.717) is 27.3 Å². The van der Waals surface area contributed by atoms with Crippen LogP contribution >= 0.6 is 23.4 Å². The van der Waals surface area contributed by atoms with E-state index in [2.05, 4.69) is 10.2 Å². The Labute approximate surface area is 195 Å². The van der Waals surface area contributed by atoms with E-state index in [1.165, 1.54) is 11.8 Å². The minimum absolute atomic E-state index is 0.00897. The minimum Gasteiger partial charge on any atom is -0.497 e. The number of aromatic nitrogens is 3. The zero-order valence-electron chi connectivity index (χ0n) is 17.3. The van der Waals surface area contributed by atoms with Crippen molar-refractivity contribution in [2.24, 2.45) is 0 Å². The topological polar surface area (TPSA) is 66.2 Å². The van der Waals surface area contributed by atoms with E-state index >= 15 is 0 Å². The first-order valence-electron chi connectivity index (χ1n) is 9.82. The molecule has 0 N–H and O–H groups in total. The number of methoxy groups -OCH3 is 1. The van der Waals surface area contributed by atoms with Crippen LogP contribution in [0.5, 0.6) is 11.5 Å². The second-order valence-electron chi connectivity index (χ2n) is 6.75. The van der Waals surface area contributed by atoms with Crippen LogP contribution in [0.25, 0.3) is 5.69 Å². The molecule has 0 saturated carbocycles. The predicted molar refractivity (Wildman–Crippen MR) is 125 cm³/mol. The minimum atomic E-state index is -0.00897. The molecule has 0 spiro atoms. The largest absolute Gasteiger partial charge is 0.497 e. The second kappa shape index (κ2) is 10.3. The highest BCUT2D eigenvalue weighted by molar-refractivity contribution is 7.99. The number of halogens is 1. The summed E-state index contributed by atoms with van der Waals surface area (Å²) in [6.07, 6.45) is 0. The molecule has 0 fully saturated rings. The van der Waals surface area contributed by atoms with E-state index in [0.717, 1.165) is 11.4 Å². The molecule has 0 atom stereocenters. The number of Topliss-reactive ketones (excluding diaryl/α,β-unsaturated/α-hetero) is 1. The Hall–Kier alpha value is -3.29. The van der Waals surface area contributed by atoms with Crippen molar-refractivity contribution in [1.29, 1.82) is 0 Å². The molecule has 0 saturated heterocycles. The third-order valence-electron chi connectivity index (χ3n) is 4.64. The number of rotatable bonds is 9. The van der Waals surface area contributed by atoms with Crippen LogP contribution < -0.4 is 9.47 Å². The molecular formula is C24H20ClN3O3S. The Kier molecular flexibility index (Phi) is 7.09. The average Bonchev–Trinajstić information content (AvgIpc) is 3.25. The number of ether oxygens (including phenoxy) is 2. The molecule has 0 aliphatic heterocycles. The van der Waals surface area contributed by atoms with E-state index in [4.69, 9.17) is 21.1 Å². The molecule has 0 bridgehead atoms. The maximum atomic E-state index is 12.6. The molecule has 32 heavy (non-hydrogen) atoms. The number of benzene rings is 3. The Morgan fingerprint density at radius 3 is 2.31 bits per heavy atom. The number of hydrogen-bond donors (Lipinski definition) is 0. The van der Waals surface area contributed by atoms with Crippen molar-refractivity contribution in [1.82, 2.24) is 14.8 Å². The molecule has 4 rings (SSSR count). The van der Waals surface area contributed by atoms with Gasteiger partial charge in [-0.3, -0.25) is 9.36 Å². The van der Waals surface area contributed by atoms with Crippen LogP contribution in [0.3, 0.4) is 0 Å². The summed E-state index contributed by atoms with van der Waals surface area (Å²) >= 11 is 7.24. The van der Waals surface area contributed by atoms with Gasteiger partial charge < -0.3 is 9.47 Å². The summed E-state index contributed by atoms with van der Waals surface area (Å²) in [4.78, 5) is 12.6. The normalized spacial score (nSPS) is 10.7. The molecule has 3 aromatic carbocycles. The summed E-state index contributed by atoms with van der Waals surface area (Å²) in [6.45, 7) is 0.222. The van der Waals surface area contributed by atoms with Gasteiger partial charge in [0.1, 0.15) is 18.1 Å². The predicted octanol–water partition coefficient (Wildman–Crippen LogP) is 5.48. The summed E-state index contributed by atoms with van der Waals surface area (Å²) < 4.78 is 13.0. The maximum absolute atomic E-state index is 12.6. The number of thioether (sulfide) groups is 1. The molecule has 6 nitrogen and oxygen atoms in total.